The predicted molar refractivity (Wildman–Crippen MR) is 70.1 cm³/mol. The molecule has 4 unspecified atom stereocenters. The first-order chi connectivity index (χ1) is 10.8. The Kier molecular flexibility index (Phi) is 6.68. The molecule has 0 aliphatic heterocycles. The Morgan fingerprint density at radius 3 is 1.56 bits per heavy atom. The summed E-state index contributed by atoms with van der Waals surface area (Å²) in [4.78, 5) is 0.510. The molecular formula is C6H12O16S3. The standard InChI is InChI=1S/C6H12O16S3/c7-1-2(8)3(9)5(12,23(13,14)15)6(4(10)11,24(16,17)18)22-25(19,20)21/h2-3,7-9,12H,1H2,(H,10,11)(H,13,14,15)(H,16,17,18)(H,19,20,21). The fourth-order valence-electron chi connectivity index (χ4n) is 1.61. The lowest BCUT2D eigenvalue weighted by Crippen LogP contribution is -2.75. The van der Waals surface area contributed by atoms with Gasteiger partial charge in [-0.3, -0.25) is 13.7 Å². The minimum absolute atomic E-state index is 1.70. The average Bonchev–Trinajstić information content (AvgIpc) is 2.37. The van der Waals surface area contributed by atoms with Gasteiger partial charge in [-0.15, -0.1) is 0 Å². The van der Waals surface area contributed by atoms with Crippen LogP contribution >= 0.6 is 0 Å². The Hall–Kier alpha value is -1.00. The third kappa shape index (κ3) is 4.06. The summed E-state index contributed by atoms with van der Waals surface area (Å²) >= 11 is 0. The van der Waals surface area contributed by atoms with E-state index in [1.807, 2.05) is 0 Å². The largest absolute Gasteiger partial charge is 0.478 e. The molecule has 0 aromatic heterocycles. The van der Waals surface area contributed by atoms with E-state index in [2.05, 4.69) is 4.18 Å². The van der Waals surface area contributed by atoms with Gasteiger partial charge in [0.15, 0.2) is 0 Å². The van der Waals surface area contributed by atoms with E-state index >= 15 is 0 Å². The number of carbonyl (C=O) groups is 1. The van der Waals surface area contributed by atoms with Gasteiger partial charge in [0.2, 0.25) is 0 Å². The Labute approximate surface area is 139 Å². The maximum atomic E-state index is 11.4. The minimum Gasteiger partial charge on any atom is -0.478 e. The lowest BCUT2D eigenvalue weighted by molar-refractivity contribution is -0.180. The topological polar surface area (TPSA) is 291 Å². The van der Waals surface area contributed by atoms with E-state index in [0.29, 0.717) is 0 Å². The van der Waals surface area contributed by atoms with Crippen molar-refractivity contribution in [1.82, 2.24) is 0 Å². The first kappa shape index (κ1) is 24.0. The molecule has 0 saturated carbocycles. The molecule has 0 rings (SSSR count). The maximum Gasteiger partial charge on any atom is 0.399 e. The number of aliphatic hydroxyl groups excluding tert-OH is 3. The van der Waals surface area contributed by atoms with E-state index in [0.717, 1.165) is 0 Å². The zero-order valence-corrected chi connectivity index (χ0v) is 13.9. The molecule has 0 aliphatic rings. The van der Waals surface area contributed by atoms with Gasteiger partial charge in [-0.2, -0.15) is 25.3 Å². The molecule has 16 nitrogen and oxygen atoms in total. The van der Waals surface area contributed by atoms with Crippen LogP contribution in [0.4, 0.5) is 0 Å². The number of aliphatic hydroxyl groups is 4. The van der Waals surface area contributed by atoms with E-state index in [9.17, 15) is 40.3 Å². The fraction of sp³-hybridized carbons (Fsp3) is 0.833. The van der Waals surface area contributed by atoms with Crippen LogP contribution in [0, 0.1) is 0 Å². The summed E-state index contributed by atoms with van der Waals surface area (Å²) in [6, 6.07) is 0. The fourth-order valence-corrected chi connectivity index (χ4v) is 5.04. The highest BCUT2D eigenvalue weighted by atomic mass is 32.3. The lowest BCUT2D eigenvalue weighted by Gasteiger charge is -2.40. The molecule has 0 aromatic rings. The summed E-state index contributed by atoms with van der Waals surface area (Å²) in [6.45, 7) is -1.70. The number of carboxylic acids is 1. The third-order valence-corrected chi connectivity index (χ3v) is 5.99. The van der Waals surface area contributed by atoms with Gasteiger partial charge in [0.1, 0.15) is 12.2 Å². The van der Waals surface area contributed by atoms with Crippen molar-refractivity contribution in [3.8, 4) is 0 Å². The third-order valence-electron chi connectivity index (χ3n) is 2.68. The Morgan fingerprint density at radius 2 is 1.36 bits per heavy atom. The molecule has 0 bridgehead atoms. The van der Waals surface area contributed by atoms with Crippen LogP contribution in [-0.4, -0.2) is 99.1 Å². The van der Waals surface area contributed by atoms with E-state index in [1.54, 1.807) is 0 Å². The van der Waals surface area contributed by atoms with Gasteiger partial charge >= 0.3 is 41.5 Å². The monoisotopic (exact) mass is 436 g/mol. The first-order valence-electron chi connectivity index (χ1n) is 5.34. The molecule has 150 valence electrons. The SMILES string of the molecule is O=C(O)C(OS(=O)(=O)O)(C(O)(C(O)C(O)CO)S(=O)(=O)O)S(=O)(=O)O. The maximum absolute atomic E-state index is 11.4. The average molecular weight is 436 g/mol. The molecule has 19 heteroatoms. The smallest absolute Gasteiger partial charge is 0.399 e. The molecule has 4 atom stereocenters. The summed E-state index contributed by atoms with van der Waals surface area (Å²) in [5.41, 5.74) is 0. The van der Waals surface area contributed by atoms with Crippen LogP contribution in [0.15, 0.2) is 0 Å². The van der Waals surface area contributed by atoms with Crippen LogP contribution in [0.2, 0.25) is 0 Å². The number of carboxylic acid groups (broad SMARTS) is 1. The Morgan fingerprint density at radius 1 is 0.960 bits per heavy atom. The van der Waals surface area contributed by atoms with Gasteiger partial charge in [0.05, 0.1) is 6.61 Å². The molecule has 8 N–H and O–H groups in total. The predicted octanol–water partition coefficient (Wildman–Crippen LogP) is -5.23. The number of aliphatic carboxylic acids is 1. The van der Waals surface area contributed by atoms with E-state index < -0.39 is 65.3 Å². The second-order valence-electron chi connectivity index (χ2n) is 4.27. The molecule has 0 aromatic carbocycles. The number of hydrogen-bond acceptors (Lipinski definition) is 12. The van der Waals surface area contributed by atoms with Crippen molar-refractivity contribution in [2.45, 2.75) is 22.1 Å². The summed E-state index contributed by atoms with van der Waals surface area (Å²) in [6.07, 6.45) is -6.65. The van der Waals surface area contributed by atoms with Crippen LogP contribution in [0.5, 0.6) is 0 Å². The van der Waals surface area contributed by atoms with E-state index in [4.69, 9.17) is 29.0 Å². The molecule has 0 heterocycles. The van der Waals surface area contributed by atoms with Crippen molar-refractivity contribution in [2.24, 2.45) is 0 Å². The van der Waals surface area contributed by atoms with Gasteiger partial charge in [0, 0.05) is 0 Å². The zero-order valence-electron chi connectivity index (χ0n) is 11.4. The quantitative estimate of drug-likeness (QED) is 0.157. The molecule has 0 radical (unpaired) electrons. The molecule has 25 heavy (non-hydrogen) atoms. The number of rotatable bonds is 9. The van der Waals surface area contributed by atoms with Crippen LogP contribution in [0.3, 0.4) is 0 Å². The van der Waals surface area contributed by atoms with Crippen molar-refractivity contribution in [3.63, 3.8) is 0 Å². The normalized spacial score (nSPS) is 20.9. The highest BCUT2D eigenvalue weighted by molar-refractivity contribution is 7.92. The van der Waals surface area contributed by atoms with Gasteiger partial charge in [-0.1, -0.05) is 0 Å². The van der Waals surface area contributed by atoms with Crippen LogP contribution in [0.25, 0.3) is 0 Å². The molecule has 0 aliphatic carbocycles. The molecular weight excluding hydrogens is 424 g/mol. The summed E-state index contributed by atoms with van der Waals surface area (Å²) in [5.74, 6) is -3.38. The van der Waals surface area contributed by atoms with Crippen molar-refractivity contribution in [1.29, 1.82) is 0 Å². The Balaban J connectivity index is 7.43. The summed E-state index contributed by atoms with van der Waals surface area (Å²) in [5, 5.41) is 46.1. The molecule has 0 fully saturated rings. The second-order valence-corrected chi connectivity index (χ2v) is 8.39. The van der Waals surface area contributed by atoms with Crippen LogP contribution in [0.1, 0.15) is 0 Å². The van der Waals surface area contributed by atoms with Crippen molar-refractivity contribution in [2.75, 3.05) is 6.61 Å². The molecule has 0 saturated heterocycles. The second kappa shape index (κ2) is 6.96. The highest BCUT2D eigenvalue weighted by Crippen LogP contribution is 2.40. The van der Waals surface area contributed by atoms with Crippen molar-refractivity contribution < 1.29 is 73.4 Å². The van der Waals surface area contributed by atoms with E-state index in [-0.39, 0.29) is 0 Å². The van der Waals surface area contributed by atoms with Gasteiger partial charge in [0.25, 0.3) is 4.93 Å². The Bertz CT molecular complexity index is 823. The van der Waals surface area contributed by atoms with Crippen molar-refractivity contribution >= 4 is 36.6 Å². The highest BCUT2D eigenvalue weighted by Gasteiger charge is 2.79. The minimum atomic E-state index is -6.79. The van der Waals surface area contributed by atoms with Crippen molar-refractivity contribution in [3.05, 3.63) is 0 Å². The van der Waals surface area contributed by atoms with Gasteiger partial charge in [-0.05, 0) is 0 Å². The molecule has 0 spiro atoms. The first-order valence-corrected chi connectivity index (χ1v) is 9.59. The summed E-state index contributed by atoms with van der Waals surface area (Å²) in [7, 11) is -19.8. The van der Waals surface area contributed by atoms with Gasteiger partial charge < -0.3 is 25.5 Å². The lowest BCUT2D eigenvalue weighted by atomic mass is 10.0. The summed E-state index contributed by atoms with van der Waals surface area (Å²) < 4.78 is 96.5. The van der Waals surface area contributed by atoms with Crippen LogP contribution in [-0.2, 0) is 39.6 Å². The molecule has 0 amide bonds. The van der Waals surface area contributed by atoms with Crippen LogP contribution < -0.4 is 0 Å². The number of hydrogen-bond donors (Lipinski definition) is 8. The zero-order chi connectivity index (χ0) is 20.6. The van der Waals surface area contributed by atoms with E-state index in [1.165, 1.54) is 0 Å². The van der Waals surface area contributed by atoms with Gasteiger partial charge in [-0.25, -0.2) is 8.98 Å².